The van der Waals surface area contributed by atoms with Crippen molar-refractivity contribution in [3.05, 3.63) is 47.3 Å². The maximum atomic E-state index is 13.4. The molecular weight excluding hydrogens is 712 g/mol. The van der Waals surface area contributed by atoms with Crippen LogP contribution in [0.4, 0.5) is 19.8 Å². The number of hydrogen-bond donors (Lipinski definition) is 3. The van der Waals surface area contributed by atoms with E-state index in [1.54, 1.807) is 39.8 Å². The van der Waals surface area contributed by atoms with Gasteiger partial charge in [-0.15, -0.1) is 0 Å². The molecule has 3 N–H and O–H groups in total. The molecule has 0 unspecified atom stereocenters. The lowest BCUT2D eigenvalue weighted by Crippen LogP contribution is -2.34. The number of aliphatic hydroxyl groups excluding tert-OH is 2. The average Bonchev–Trinajstić information content (AvgIpc) is 3.56. The Morgan fingerprint density at radius 2 is 1.60 bits per heavy atom. The van der Waals surface area contributed by atoms with Gasteiger partial charge in [0.2, 0.25) is 18.9 Å². The van der Waals surface area contributed by atoms with Gasteiger partial charge in [-0.25, -0.2) is 19.0 Å². The minimum Gasteiger partial charge on any atom is -0.432 e. The molecule has 0 bridgehead atoms. The van der Waals surface area contributed by atoms with E-state index in [9.17, 15) is 28.8 Å². The molecule has 0 spiro atoms. The van der Waals surface area contributed by atoms with Crippen LogP contribution in [-0.4, -0.2) is 99.1 Å². The molecule has 3 aromatic rings. The molecule has 1 aromatic carbocycles. The molecule has 18 nitrogen and oxygen atoms in total. The molecule has 5 atom stereocenters. The second kappa shape index (κ2) is 17.5. The Morgan fingerprint density at radius 1 is 1.00 bits per heavy atom. The van der Waals surface area contributed by atoms with Gasteiger partial charge in [0, 0.05) is 0 Å². The van der Waals surface area contributed by atoms with Crippen LogP contribution in [0.15, 0.2) is 30.6 Å². The number of imidazole rings is 1. The van der Waals surface area contributed by atoms with E-state index in [-0.39, 0.29) is 34.1 Å². The SMILES string of the molecule is CC(C)OC(=O)OCOP(=O)(COC[C@H]1O[C@@H](n2cnc3c(N[C@@H](C)c4ccc(F)cc4)nc(Cl)nc32)[C@H](O)[C@@H]1O)OCOC(=O)OC(C)C. The number of carbonyl (C=O) groups is 2. The molecule has 1 saturated heterocycles. The largest absolute Gasteiger partial charge is 0.510 e. The summed E-state index contributed by atoms with van der Waals surface area (Å²) in [6.45, 7) is 5.99. The van der Waals surface area contributed by atoms with Crippen molar-refractivity contribution in [3.8, 4) is 0 Å². The van der Waals surface area contributed by atoms with Crippen LogP contribution in [0.1, 0.15) is 52.5 Å². The van der Waals surface area contributed by atoms with E-state index in [1.165, 1.54) is 23.0 Å². The Kier molecular flexibility index (Phi) is 13.7. The fourth-order valence-corrected chi connectivity index (χ4v) is 5.61. The van der Waals surface area contributed by atoms with Gasteiger partial charge < -0.3 is 44.0 Å². The minimum absolute atomic E-state index is 0.153. The lowest BCUT2D eigenvalue weighted by Gasteiger charge is -2.20. The average molecular weight is 750 g/mol. The lowest BCUT2D eigenvalue weighted by atomic mass is 10.1. The van der Waals surface area contributed by atoms with Crippen molar-refractivity contribution in [1.82, 2.24) is 19.5 Å². The molecule has 2 aromatic heterocycles. The number of carbonyl (C=O) groups excluding carboxylic acids is 2. The molecular formula is C29H38ClFN5O13P. The zero-order valence-electron chi connectivity index (χ0n) is 27.6. The maximum Gasteiger partial charge on any atom is 0.510 e. The Labute approximate surface area is 290 Å². The summed E-state index contributed by atoms with van der Waals surface area (Å²) in [4.78, 5) is 36.2. The summed E-state index contributed by atoms with van der Waals surface area (Å²) >= 11 is 6.22. The van der Waals surface area contributed by atoms with E-state index in [1.807, 2.05) is 6.92 Å². The molecule has 0 amide bonds. The molecule has 3 heterocycles. The van der Waals surface area contributed by atoms with Gasteiger partial charge in [-0.1, -0.05) is 12.1 Å². The van der Waals surface area contributed by atoms with Crippen molar-refractivity contribution in [1.29, 1.82) is 0 Å². The molecule has 0 aliphatic carbocycles. The summed E-state index contributed by atoms with van der Waals surface area (Å²) in [6, 6.07) is 5.55. The second-order valence-electron chi connectivity index (χ2n) is 11.4. The van der Waals surface area contributed by atoms with Crippen LogP contribution in [0.3, 0.4) is 0 Å². The van der Waals surface area contributed by atoms with Gasteiger partial charge in [0.15, 0.2) is 23.2 Å². The molecule has 1 aliphatic heterocycles. The number of benzene rings is 1. The first-order chi connectivity index (χ1) is 23.7. The molecule has 0 radical (unpaired) electrons. The number of nitrogens with one attached hydrogen (secondary N) is 1. The van der Waals surface area contributed by atoms with Crippen LogP contribution in [0.2, 0.25) is 5.28 Å². The van der Waals surface area contributed by atoms with Gasteiger partial charge in [-0.2, -0.15) is 9.97 Å². The highest BCUT2D eigenvalue weighted by molar-refractivity contribution is 7.53. The Bertz CT molecular complexity index is 1620. The summed E-state index contributed by atoms with van der Waals surface area (Å²) in [6.07, 6.45) is -8.08. The monoisotopic (exact) mass is 749 g/mol. The smallest absolute Gasteiger partial charge is 0.432 e. The summed E-state index contributed by atoms with van der Waals surface area (Å²) in [5.74, 6) is -0.128. The molecule has 276 valence electrons. The summed E-state index contributed by atoms with van der Waals surface area (Å²) < 4.78 is 68.7. The van der Waals surface area contributed by atoms with Crippen LogP contribution in [0, 0.1) is 5.82 Å². The number of ether oxygens (including phenoxy) is 6. The zero-order chi connectivity index (χ0) is 36.6. The number of rotatable bonds is 16. The molecule has 50 heavy (non-hydrogen) atoms. The predicted octanol–water partition coefficient (Wildman–Crippen LogP) is 4.65. The van der Waals surface area contributed by atoms with Crippen molar-refractivity contribution in [2.45, 2.75) is 77.4 Å². The van der Waals surface area contributed by atoms with Crippen molar-refractivity contribution < 1.29 is 66.2 Å². The standard InChI is InChI=1S/C29H38ClFN5O13P/c1-15(2)47-28(39)43-12-45-50(41,46-13-44-29(40)48-16(3)4)14-42-10-20-22(37)23(38)26(49-20)36-11-32-21-24(34-27(30)35-25(21)36)33-17(5)18-6-8-19(31)9-7-18/h6-9,11,15-17,20,22-23,26,37-38H,10,12-14H2,1-5H3,(H,33,34,35)/t17-,20+,22+,23+,26+/m0/s1. The number of halogens is 2. The summed E-state index contributed by atoms with van der Waals surface area (Å²) in [5.41, 5.74) is 1.19. The lowest BCUT2D eigenvalue weighted by molar-refractivity contribution is -0.0653. The summed E-state index contributed by atoms with van der Waals surface area (Å²) in [5, 5.41) is 24.7. The summed E-state index contributed by atoms with van der Waals surface area (Å²) in [7, 11) is -4.30. The first-order valence-corrected chi connectivity index (χ1v) is 17.3. The van der Waals surface area contributed by atoms with Crippen molar-refractivity contribution >= 4 is 48.5 Å². The molecule has 1 aliphatic rings. The van der Waals surface area contributed by atoms with E-state index in [0.717, 1.165) is 5.56 Å². The number of fused-ring (bicyclic) bond motifs is 1. The van der Waals surface area contributed by atoms with Crippen LogP contribution in [0.25, 0.3) is 11.2 Å². The fraction of sp³-hybridized carbons (Fsp3) is 0.552. The predicted molar refractivity (Wildman–Crippen MR) is 170 cm³/mol. The van der Waals surface area contributed by atoms with Gasteiger partial charge in [-0.3, -0.25) is 18.2 Å². The van der Waals surface area contributed by atoms with Gasteiger partial charge in [-0.05, 0) is 63.9 Å². The Hall–Kier alpha value is -3.68. The molecule has 1 fully saturated rings. The van der Waals surface area contributed by atoms with Crippen LogP contribution in [-0.2, 0) is 42.0 Å². The quantitative estimate of drug-likeness (QED) is 0.0785. The van der Waals surface area contributed by atoms with Crippen LogP contribution >= 0.6 is 19.2 Å². The van der Waals surface area contributed by atoms with Crippen molar-refractivity contribution in [2.24, 2.45) is 0 Å². The van der Waals surface area contributed by atoms with E-state index in [0.29, 0.717) is 0 Å². The number of aliphatic hydroxyl groups is 2. The number of hydrogen-bond acceptors (Lipinski definition) is 17. The third kappa shape index (κ3) is 10.7. The zero-order valence-corrected chi connectivity index (χ0v) is 29.3. The first-order valence-electron chi connectivity index (χ1n) is 15.2. The molecule has 21 heteroatoms. The van der Waals surface area contributed by atoms with Gasteiger partial charge in [0.05, 0.1) is 31.2 Å². The van der Waals surface area contributed by atoms with E-state index in [4.69, 9.17) is 49.1 Å². The normalized spacial score (nSPS) is 19.9. The number of aromatic nitrogens is 4. The highest BCUT2D eigenvalue weighted by Gasteiger charge is 2.45. The van der Waals surface area contributed by atoms with E-state index >= 15 is 0 Å². The second-order valence-corrected chi connectivity index (χ2v) is 13.7. The fourth-order valence-electron chi connectivity index (χ4n) is 4.47. The van der Waals surface area contributed by atoms with Crippen LogP contribution in [0.5, 0.6) is 0 Å². The highest BCUT2D eigenvalue weighted by Crippen LogP contribution is 2.48. The maximum absolute atomic E-state index is 13.4. The van der Waals surface area contributed by atoms with Gasteiger partial charge in [0.1, 0.15) is 30.5 Å². The highest BCUT2D eigenvalue weighted by atomic mass is 35.5. The third-order valence-corrected chi connectivity index (χ3v) is 8.44. The first kappa shape index (κ1) is 39.1. The van der Waals surface area contributed by atoms with Gasteiger partial charge in [0.25, 0.3) is 0 Å². The molecule has 0 saturated carbocycles. The van der Waals surface area contributed by atoms with Crippen molar-refractivity contribution in [2.75, 3.05) is 31.9 Å². The molecule has 4 rings (SSSR count). The third-order valence-electron chi connectivity index (χ3n) is 6.78. The van der Waals surface area contributed by atoms with E-state index < -0.39 is 83.2 Å². The number of nitrogens with zero attached hydrogens (tertiary/aromatic N) is 4. The van der Waals surface area contributed by atoms with Crippen molar-refractivity contribution in [3.63, 3.8) is 0 Å². The number of anilines is 1. The van der Waals surface area contributed by atoms with Gasteiger partial charge >= 0.3 is 19.9 Å². The Morgan fingerprint density at radius 3 is 2.18 bits per heavy atom. The van der Waals surface area contributed by atoms with E-state index in [2.05, 4.69) is 20.3 Å². The topological polar surface area (TPSA) is 221 Å². The van der Waals surface area contributed by atoms with Crippen LogP contribution < -0.4 is 5.32 Å². The Balaban J connectivity index is 1.41. The minimum atomic E-state index is -4.30.